The molecule has 0 aliphatic heterocycles. The third-order valence-electron chi connectivity index (χ3n) is 4.62. The van der Waals surface area contributed by atoms with Crippen molar-refractivity contribution < 1.29 is 29.9 Å². The molecule has 4 N–H and O–H groups in total. The van der Waals surface area contributed by atoms with E-state index in [1.165, 1.54) is 0 Å². The smallest absolute Gasteiger partial charge is 0.115 e. The van der Waals surface area contributed by atoms with E-state index < -0.39 is 36.6 Å². The highest BCUT2D eigenvalue weighted by Crippen LogP contribution is 2.27. The summed E-state index contributed by atoms with van der Waals surface area (Å²) >= 11 is 0. The van der Waals surface area contributed by atoms with E-state index in [9.17, 15) is 20.4 Å². The Hall–Kier alpha value is -1.80. The molecule has 1 aliphatic carbocycles. The molecule has 2 aromatic rings. The number of ether oxygens (including phenoxy) is 2. The topological polar surface area (TPSA) is 99.4 Å². The van der Waals surface area contributed by atoms with Crippen molar-refractivity contribution in [3.8, 4) is 0 Å². The number of hydrogen-bond donors (Lipinski definition) is 4. The van der Waals surface area contributed by atoms with Gasteiger partial charge in [-0.25, -0.2) is 0 Å². The number of rotatable bonds is 6. The summed E-state index contributed by atoms with van der Waals surface area (Å²) < 4.78 is 11.3. The van der Waals surface area contributed by atoms with Crippen molar-refractivity contribution in [2.24, 2.45) is 0 Å². The monoisotopic (exact) mass is 360 g/mol. The molecule has 140 valence electrons. The normalized spacial score (nSPS) is 31.7. The second-order valence-electron chi connectivity index (χ2n) is 6.48. The van der Waals surface area contributed by atoms with Gasteiger partial charge in [0.25, 0.3) is 0 Å². The molecule has 0 spiro atoms. The maximum absolute atomic E-state index is 10.6. The van der Waals surface area contributed by atoms with Crippen LogP contribution < -0.4 is 0 Å². The molecule has 6 atom stereocenters. The van der Waals surface area contributed by atoms with E-state index in [1.807, 2.05) is 60.7 Å². The number of aliphatic hydroxyl groups is 4. The molecule has 0 bridgehead atoms. The van der Waals surface area contributed by atoms with Crippen LogP contribution in [0.25, 0.3) is 0 Å². The van der Waals surface area contributed by atoms with Crippen molar-refractivity contribution >= 4 is 0 Å². The molecular formula is C20H24O6. The van der Waals surface area contributed by atoms with Crippen LogP contribution in [0.4, 0.5) is 0 Å². The van der Waals surface area contributed by atoms with Crippen molar-refractivity contribution in [3.63, 3.8) is 0 Å². The Morgan fingerprint density at radius 1 is 0.538 bits per heavy atom. The lowest BCUT2D eigenvalue weighted by Gasteiger charge is -2.43. The second kappa shape index (κ2) is 8.73. The van der Waals surface area contributed by atoms with E-state index >= 15 is 0 Å². The fourth-order valence-corrected chi connectivity index (χ4v) is 3.11. The summed E-state index contributed by atoms with van der Waals surface area (Å²) in [4.78, 5) is 0. The standard InChI is InChI=1S/C20H24O6/c21-15-16(22)19(25-11-13-7-3-1-4-8-13)18(24)20(17(15)23)26-12-14-9-5-2-6-10-14/h1-10,15-24H,11-12H2/t15?,16?,17?,18?,19-,20?/m0/s1. The van der Waals surface area contributed by atoms with E-state index in [-0.39, 0.29) is 13.2 Å². The quantitative estimate of drug-likeness (QED) is 0.603. The van der Waals surface area contributed by atoms with E-state index in [1.54, 1.807) is 0 Å². The molecular weight excluding hydrogens is 336 g/mol. The zero-order chi connectivity index (χ0) is 18.5. The third-order valence-corrected chi connectivity index (χ3v) is 4.62. The summed E-state index contributed by atoms with van der Waals surface area (Å²) in [6.45, 7) is 0.321. The molecule has 0 radical (unpaired) electrons. The number of benzene rings is 2. The summed E-state index contributed by atoms with van der Waals surface area (Å²) in [6.07, 6.45) is -7.74. The summed E-state index contributed by atoms with van der Waals surface area (Å²) in [7, 11) is 0. The van der Waals surface area contributed by atoms with Crippen LogP contribution in [0.1, 0.15) is 11.1 Å². The van der Waals surface area contributed by atoms with Crippen LogP contribution in [0.15, 0.2) is 60.7 Å². The average molecular weight is 360 g/mol. The van der Waals surface area contributed by atoms with E-state index in [4.69, 9.17) is 9.47 Å². The van der Waals surface area contributed by atoms with Crippen molar-refractivity contribution in [1.29, 1.82) is 0 Å². The lowest BCUT2D eigenvalue weighted by Crippen LogP contribution is -2.64. The fraction of sp³-hybridized carbons (Fsp3) is 0.400. The van der Waals surface area contributed by atoms with Gasteiger partial charge in [-0.2, -0.15) is 0 Å². The molecule has 6 heteroatoms. The molecule has 0 aromatic heterocycles. The molecule has 1 saturated carbocycles. The van der Waals surface area contributed by atoms with Crippen LogP contribution in [0.2, 0.25) is 0 Å². The van der Waals surface area contributed by atoms with Gasteiger partial charge in [0.15, 0.2) is 0 Å². The Balaban J connectivity index is 1.66. The molecule has 0 amide bonds. The minimum absolute atomic E-state index is 0.161. The highest BCUT2D eigenvalue weighted by Gasteiger charge is 2.50. The predicted octanol–water partition coefficient (Wildman–Crippen LogP) is 0.614. The van der Waals surface area contributed by atoms with Gasteiger partial charge in [-0.15, -0.1) is 0 Å². The summed E-state index contributed by atoms with van der Waals surface area (Å²) in [5, 5.41) is 41.1. The van der Waals surface area contributed by atoms with Crippen molar-refractivity contribution in [1.82, 2.24) is 0 Å². The van der Waals surface area contributed by atoms with Gasteiger partial charge in [-0.3, -0.25) is 0 Å². The van der Waals surface area contributed by atoms with Crippen molar-refractivity contribution in [3.05, 3.63) is 71.8 Å². The molecule has 1 aliphatic rings. The Labute approximate surface area is 152 Å². The van der Waals surface area contributed by atoms with E-state index in [0.717, 1.165) is 11.1 Å². The van der Waals surface area contributed by atoms with Gasteiger partial charge in [0.05, 0.1) is 13.2 Å². The summed E-state index contributed by atoms with van der Waals surface area (Å²) in [5.74, 6) is 0. The Morgan fingerprint density at radius 3 is 1.31 bits per heavy atom. The van der Waals surface area contributed by atoms with Crippen LogP contribution in [-0.2, 0) is 22.7 Å². The van der Waals surface area contributed by atoms with Gasteiger partial charge in [0.1, 0.15) is 36.6 Å². The van der Waals surface area contributed by atoms with Crippen molar-refractivity contribution in [2.45, 2.75) is 49.8 Å². The van der Waals surface area contributed by atoms with Gasteiger partial charge >= 0.3 is 0 Å². The van der Waals surface area contributed by atoms with Gasteiger partial charge < -0.3 is 29.9 Å². The first-order chi connectivity index (χ1) is 12.6. The van der Waals surface area contributed by atoms with Crippen LogP contribution in [0.3, 0.4) is 0 Å². The molecule has 1 fully saturated rings. The minimum Gasteiger partial charge on any atom is -0.387 e. The first kappa shape index (κ1) is 19.0. The Bertz CT molecular complexity index is 607. The molecule has 0 heterocycles. The third kappa shape index (κ3) is 4.29. The Kier molecular flexibility index (Phi) is 6.37. The lowest BCUT2D eigenvalue weighted by molar-refractivity contribution is -0.250. The van der Waals surface area contributed by atoms with Gasteiger partial charge in [0, 0.05) is 0 Å². The van der Waals surface area contributed by atoms with Crippen LogP contribution in [-0.4, -0.2) is 57.0 Å². The van der Waals surface area contributed by atoms with Crippen LogP contribution in [0.5, 0.6) is 0 Å². The summed E-state index contributed by atoms with van der Waals surface area (Å²) in [6, 6.07) is 18.6. The SMILES string of the molecule is OC1C(O)C(O)[C@H](OCc2ccccc2)C(O)C1OCc1ccccc1. The van der Waals surface area contributed by atoms with Gasteiger partial charge in [0.2, 0.25) is 0 Å². The van der Waals surface area contributed by atoms with Gasteiger partial charge in [-0.05, 0) is 11.1 Å². The lowest BCUT2D eigenvalue weighted by atomic mass is 9.84. The molecule has 5 unspecified atom stereocenters. The highest BCUT2D eigenvalue weighted by molar-refractivity contribution is 5.15. The second-order valence-corrected chi connectivity index (χ2v) is 6.48. The zero-order valence-corrected chi connectivity index (χ0v) is 14.3. The highest BCUT2D eigenvalue weighted by atomic mass is 16.5. The molecule has 6 nitrogen and oxygen atoms in total. The summed E-state index contributed by atoms with van der Waals surface area (Å²) in [5.41, 5.74) is 1.74. The molecule has 2 aromatic carbocycles. The number of aliphatic hydroxyl groups excluding tert-OH is 4. The van der Waals surface area contributed by atoms with Crippen LogP contribution in [0, 0.1) is 0 Å². The van der Waals surface area contributed by atoms with Crippen molar-refractivity contribution in [2.75, 3.05) is 0 Å². The predicted molar refractivity (Wildman–Crippen MR) is 94.1 cm³/mol. The molecule has 0 saturated heterocycles. The fourth-order valence-electron chi connectivity index (χ4n) is 3.11. The van der Waals surface area contributed by atoms with Crippen LogP contribution >= 0.6 is 0 Å². The first-order valence-corrected chi connectivity index (χ1v) is 8.61. The zero-order valence-electron chi connectivity index (χ0n) is 14.3. The first-order valence-electron chi connectivity index (χ1n) is 8.61. The largest absolute Gasteiger partial charge is 0.387 e. The maximum atomic E-state index is 10.6. The van der Waals surface area contributed by atoms with Gasteiger partial charge in [-0.1, -0.05) is 60.7 Å². The van der Waals surface area contributed by atoms with E-state index in [0.29, 0.717) is 0 Å². The number of hydrogen-bond acceptors (Lipinski definition) is 6. The maximum Gasteiger partial charge on any atom is 0.115 e. The van der Waals surface area contributed by atoms with E-state index in [2.05, 4.69) is 0 Å². The molecule has 26 heavy (non-hydrogen) atoms. The Morgan fingerprint density at radius 2 is 0.923 bits per heavy atom. The molecule has 3 rings (SSSR count). The average Bonchev–Trinajstić information content (AvgIpc) is 2.68. The minimum atomic E-state index is -1.47.